The van der Waals surface area contributed by atoms with E-state index in [2.05, 4.69) is 10.3 Å². The number of pyridine rings is 1. The molecule has 3 aromatic heterocycles. The van der Waals surface area contributed by atoms with Gasteiger partial charge in [-0.2, -0.15) is 0 Å². The second-order valence-electron chi connectivity index (χ2n) is 6.44. The molecule has 3 heterocycles. The van der Waals surface area contributed by atoms with Gasteiger partial charge in [-0.1, -0.05) is 0 Å². The maximum Gasteiger partial charge on any atom is 0.335 e. The first-order valence-electron chi connectivity index (χ1n) is 8.58. The van der Waals surface area contributed by atoms with Crippen molar-refractivity contribution in [2.24, 2.45) is 0 Å². The molecule has 0 spiro atoms. The topological polar surface area (TPSA) is 99.8 Å². The number of carboxylic acid groups (broad SMARTS) is 1. The average Bonchev–Trinajstić information content (AvgIpc) is 3.09. The van der Waals surface area contributed by atoms with E-state index < -0.39 is 5.97 Å². The molecule has 3 N–H and O–H groups in total. The third-order valence-corrected chi connectivity index (χ3v) is 4.67. The number of aromatic hydroxyl groups is 1. The summed E-state index contributed by atoms with van der Waals surface area (Å²) >= 11 is 0. The van der Waals surface area contributed by atoms with Gasteiger partial charge in [-0.3, -0.25) is 4.98 Å². The van der Waals surface area contributed by atoms with Crippen molar-refractivity contribution in [2.45, 2.75) is 0 Å². The lowest BCUT2D eigenvalue weighted by atomic mass is 10.1. The standard InChI is InChI=1S/C21H14N4O3/c26-15-4-2-14(3-5-15)23-20-18-10-13-9-12(21(27)28)1-6-17(13)25(18)19-11-22-8-7-16(19)24-20/h1-11,26H,(H,23,24)(H,27,28). The molecule has 2 aromatic carbocycles. The summed E-state index contributed by atoms with van der Waals surface area (Å²) in [5, 5.41) is 22.9. The maximum absolute atomic E-state index is 11.3. The van der Waals surface area contributed by atoms with Crippen molar-refractivity contribution < 1.29 is 15.0 Å². The van der Waals surface area contributed by atoms with E-state index in [1.54, 1.807) is 54.9 Å². The van der Waals surface area contributed by atoms with E-state index in [1.165, 1.54) is 0 Å². The lowest BCUT2D eigenvalue weighted by Gasteiger charge is -2.11. The number of anilines is 2. The molecule has 136 valence electrons. The maximum atomic E-state index is 11.3. The highest BCUT2D eigenvalue weighted by molar-refractivity contribution is 6.00. The summed E-state index contributed by atoms with van der Waals surface area (Å²) < 4.78 is 2.01. The van der Waals surface area contributed by atoms with E-state index in [-0.39, 0.29) is 11.3 Å². The molecule has 0 fully saturated rings. The summed E-state index contributed by atoms with van der Waals surface area (Å²) in [5.41, 5.74) is 4.25. The molecule has 7 nitrogen and oxygen atoms in total. The molecule has 0 radical (unpaired) electrons. The van der Waals surface area contributed by atoms with E-state index in [9.17, 15) is 15.0 Å². The van der Waals surface area contributed by atoms with Gasteiger partial charge in [0.2, 0.25) is 0 Å². The Morgan fingerprint density at radius 3 is 2.57 bits per heavy atom. The van der Waals surface area contributed by atoms with E-state index >= 15 is 0 Å². The lowest BCUT2D eigenvalue weighted by molar-refractivity contribution is 0.0697. The third-order valence-electron chi connectivity index (χ3n) is 4.67. The SMILES string of the molecule is O=C(O)c1ccc2c(c1)cc1c(Nc3ccc(O)cc3)nc3ccncc3n12. The smallest absolute Gasteiger partial charge is 0.335 e. The molecule has 0 atom stereocenters. The number of carboxylic acids is 1. The number of benzene rings is 2. The highest BCUT2D eigenvalue weighted by Gasteiger charge is 2.14. The molecule has 0 aliphatic rings. The zero-order valence-electron chi connectivity index (χ0n) is 14.5. The molecular weight excluding hydrogens is 356 g/mol. The molecule has 0 saturated carbocycles. The summed E-state index contributed by atoms with van der Waals surface area (Å²) in [7, 11) is 0. The first-order chi connectivity index (χ1) is 13.6. The number of nitrogens with zero attached hydrogens (tertiary/aromatic N) is 3. The number of phenols is 1. The lowest BCUT2D eigenvalue weighted by Crippen LogP contribution is -2.00. The number of carbonyl (C=O) groups is 1. The Morgan fingerprint density at radius 1 is 0.964 bits per heavy atom. The van der Waals surface area contributed by atoms with Gasteiger partial charge < -0.3 is 19.9 Å². The van der Waals surface area contributed by atoms with E-state index in [4.69, 9.17) is 4.98 Å². The number of fused-ring (bicyclic) bond motifs is 5. The van der Waals surface area contributed by atoms with Crippen LogP contribution in [0.3, 0.4) is 0 Å². The normalized spacial score (nSPS) is 11.3. The third kappa shape index (κ3) is 2.49. The largest absolute Gasteiger partial charge is 0.508 e. The minimum atomic E-state index is -0.968. The van der Waals surface area contributed by atoms with Crippen molar-refractivity contribution in [1.82, 2.24) is 14.4 Å². The molecule has 7 heteroatoms. The van der Waals surface area contributed by atoms with Crippen LogP contribution in [0.5, 0.6) is 5.75 Å². The first kappa shape index (κ1) is 16.1. The van der Waals surface area contributed by atoms with E-state index in [1.807, 2.05) is 16.5 Å². The molecular formula is C21H14N4O3. The number of aromatic carboxylic acids is 1. The molecule has 0 unspecified atom stereocenters. The van der Waals surface area contributed by atoms with Crippen LogP contribution in [0, 0.1) is 0 Å². The van der Waals surface area contributed by atoms with Crippen molar-refractivity contribution in [3.63, 3.8) is 0 Å². The minimum Gasteiger partial charge on any atom is -0.508 e. The Balaban J connectivity index is 1.81. The number of phenolic OH excluding ortho intramolecular Hbond substituents is 1. The summed E-state index contributed by atoms with van der Waals surface area (Å²) in [6.45, 7) is 0. The quantitative estimate of drug-likeness (QED) is 0.412. The molecule has 0 amide bonds. The van der Waals surface area contributed by atoms with Gasteiger partial charge in [0, 0.05) is 17.3 Å². The summed E-state index contributed by atoms with van der Waals surface area (Å²) in [6.07, 6.45) is 3.42. The van der Waals surface area contributed by atoms with Crippen LogP contribution in [0.2, 0.25) is 0 Å². The Labute approximate surface area is 158 Å². The summed E-state index contributed by atoms with van der Waals surface area (Å²) in [6, 6.07) is 15.5. The summed E-state index contributed by atoms with van der Waals surface area (Å²) in [5.74, 6) is -0.162. The van der Waals surface area contributed by atoms with Crippen LogP contribution in [0.1, 0.15) is 10.4 Å². The number of nitrogens with one attached hydrogen (secondary N) is 1. The van der Waals surface area contributed by atoms with Crippen molar-refractivity contribution in [3.8, 4) is 5.75 Å². The van der Waals surface area contributed by atoms with Crippen LogP contribution in [0.4, 0.5) is 11.5 Å². The van der Waals surface area contributed by atoms with Gasteiger partial charge in [-0.25, -0.2) is 9.78 Å². The molecule has 0 bridgehead atoms. The van der Waals surface area contributed by atoms with Gasteiger partial charge >= 0.3 is 5.97 Å². The number of rotatable bonds is 3. The number of hydrogen-bond acceptors (Lipinski definition) is 5. The zero-order chi connectivity index (χ0) is 19.3. The number of hydrogen-bond donors (Lipinski definition) is 3. The number of aromatic nitrogens is 3. The Bertz CT molecular complexity index is 1370. The fourth-order valence-corrected chi connectivity index (χ4v) is 3.38. The van der Waals surface area contributed by atoms with Gasteiger partial charge in [-0.15, -0.1) is 0 Å². The molecule has 5 rings (SSSR count). The van der Waals surface area contributed by atoms with E-state index in [0.29, 0.717) is 5.82 Å². The molecule has 0 saturated heterocycles. The predicted octanol–water partition coefficient (Wildman–Crippen LogP) is 4.18. The van der Waals surface area contributed by atoms with Crippen molar-refractivity contribution in [1.29, 1.82) is 0 Å². The van der Waals surface area contributed by atoms with Gasteiger partial charge in [0.25, 0.3) is 0 Å². The van der Waals surface area contributed by atoms with Crippen molar-refractivity contribution in [3.05, 3.63) is 72.6 Å². The first-order valence-corrected chi connectivity index (χ1v) is 8.58. The van der Waals surface area contributed by atoms with Gasteiger partial charge in [-0.05, 0) is 54.6 Å². The van der Waals surface area contributed by atoms with Crippen LogP contribution in [0.15, 0.2) is 67.0 Å². The highest BCUT2D eigenvalue weighted by atomic mass is 16.4. The molecule has 0 aliphatic heterocycles. The highest BCUT2D eigenvalue weighted by Crippen LogP contribution is 2.31. The fourth-order valence-electron chi connectivity index (χ4n) is 3.38. The zero-order valence-corrected chi connectivity index (χ0v) is 14.5. The van der Waals surface area contributed by atoms with Crippen LogP contribution in [-0.4, -0.2) is 30.6 Å². The fraction of sp³-hybridized carbons (Fsp3) is 0. The monoisotopic (exact) mass is 370 g/mol. The van der Waals surface area contributed by atoms with Gasteiger partial charge in [0.15, 0.2) is 5.82 Å². The molecule has 28 heavy (non-hydrogen) atoms. The molecule has 5 aromatic rings. The van der Waals surface area contributed by atoms with Gasteiger partial charge in [0.1, 0.15) is 5.75 Å². The molecule has 0 aliphatic carbocycles. The Kier molecular flexibility index (Phi) is 3.42. The average molecular weight is 370 g/mol. The van der Waals surface area contributed by atoms with Crippen molar-refractivity contribution in [2.75, 3.05) is 5.32 Å². The predicted molar refractivity (Wildman–Crippen MR) is 106 cm³/mol. The second kappa shape index (κ2) is 5.95. The van der Waals surface area contributed by atoms with Crippen LogP contribution in [-0.2, 0) is 0 Å². The summed E-state index contributed by atoms with van der Waals surface area (Å²) in [4.78, 5) is 20.3. The van der Waals surface area contributed by atoms with Crippen LogP contribution >= 0.6 is 0 Å². The Hall–Kier alpha value is -4.13. The Morgan fingerprint density at radius 2 is 1.79 bits per heavy atom. The van der Waals surface area contributed by atoms with E-state index in [0.717, 1.165) is 33.1 Å². The van der Waals surface area contributed by atoms with Crippen molar-refractivity contribution >= 4 is 44.9 Å². The van der Waals surface area contributed by atoms with Gasteiger partial charge in [0.05, 0.1) is 33.8 Å². The second-order valence-corrected chi connectivity index (χ2v) is 6.44. The van der Waals surface area contributed by atoms with Crippen LogP contribution in [0.25, 0.3) is 27.5 Å². The van der Waals surface area contributed by atoms with Crippen LogP contribution < -0.4 is 5.32 Å². The minimum absolute atomic E-state index is 0.183.